The van der Waals surface area contributed by atoms with Crippen LogP contribution in [0.25, 0.3) is 0 Å². The van der Waals surface area contributed by atoms with Crippen molar-refractivity contribution in [3.8, 4) is 0 Å². The Labute approximate surface area is 120 Å². The van der Waals surface area contributed by atoms with Crippen LogP contribution in [0.15, 0.2) is 23.6 Å². The second kappa shape index (κ2) is 6.12. The first kappa shape index (κ1) is 14.0. The number of hydrogen-bond acceptors (Lipinski definition) is 4. The van der Waals surface area contributed by atoms with E-state index in [0.29, 0.717) is 17.8 Å². The highest BCUT2D eigenvalue weighted by Crippen LogP contribution is 2.16. The molecule has 1 amide bonds. The van der Waals surface area contributed by atoms with Crippen LogP contribution in [0, 0.1) is 6.92 Å². The van der Waals surface area contributed by atoms with E-state index in [-0.39, 0.29) is 11.7 Å². The third-order valence-electron chi connectivity index (χ3n) is 2.62. The average Bonchev–Trinajstić information content (AvgIpc) is 2.96. The summed E-state index contributed by atoms with van der Waals surface area (Å²) in [5.41, 5.74) is 0.898. The number of aryl methyl sites for hydroxylation is 1. The lowest BCUT2D eigenvalue weighted by atomic mass is 10.2. The van der Waals surface area contributed by atoms with Crippen LogP contribution in [0.2, 0.25) is 0 Å². The number of ketones is 1. The van der Waals surface area contributed by atoms with Gasteiger partial charge in [0.05, 0.1) is 17.8 Å². The molecule has 19 heavy (non-hydrogen) atoms. The molecule has 0 saturated heterocycles. The van der Waals surface area contributed by atoms with Crippen molar-refractivity contribution in [1.82, 2.24) is 5.32 Å². The second-order valence-electron chi connectivity index (χ2n) is 4.34. The zero-order valence-electron chi connectivity index (χ0n) is 10.9. The van der Waals surface area contributed by atoms with E-state index in [1.807, 2.05) is 24.4 Å². The van der Waals surface area contributed by atoms with Gasteiger partial charge in [0.2, 0.25) is 5.91 Å². The van der Waals surface area contributed by atoms with E-state index in [2.05, 4.69) is 5.32 Å². The lowest BCUT2D eigenvalue weighted by Gasteiger charge is -2.02. The normalized spacial score (nSPS) is 10.4. The fourth-order valence-electron chi connectivity index (χ4n) is 1.67. The lowest BCUT2D eigenvalue weighted by Crippen LogP contribution is -2.23. The summed E-state index contributed by atoms with van der Waals surface area (Å²) in [5.74, 6) is 0.0321. The molecule has 2 rings (SSSR count). The minimum Gasteiger partial charge on any atom is -0.351 e. The molecule has 0 spiro atoms. The number of nitrogens with one attached hydrogen (secondary N) is 1. The van der Waals surface area contributed by atoms with Gasteiger partial charge in [0.1, 0.15) is 0 Å². The largest absolute Gasteiger partial charge is 0.351 e. The minimum absolute atomic E-state index is 0.0149. The summed E-state index contributed by atoms with van der Waals surface area (Å²) in [6, 6.07) is 5.87. The minimum atomic E-state index is -0.0149. The number of rotatable bonds is 5. The van der Waals surface area contributed by atoms with Crippen molar-refractivity contribution < 1.29 is 9.59 Å². The zero-order chi connectivity index (χ0) is 13.8. The van der Waals surface area contributed by atoms with Crippen LogP contribution in [0.5, 0.6) is 0 Å². The third-order valence-corrected chi connectivity index (χ3v) is 4.70. The molecule has 3 nitrogen and oxygen atoms in total. The second-order valence-corrected chi connectivity index (χ2v) is 6.62. The van der Waals surface area contributed by atoms with Gasteiger partial charge in [-0.2, -0.15) is 0 Å². The van der Waals surface area contributed by atoms with E-state index in [9.17, 15) is 9.59 Å². The number of Topliss-reactive ketones (excluding diaryl/α,β-unsaturated/α-hetero) is 1. The van der Waals surface area contributed by atoms with Gasteiger partial charge in [-0.25, -0.2) is 0 Å². The van der Waals surface area contributed by atoms with E-state index in [1.54, 1.807) is 17.4 Å². The Kier molecular flexibility index (Phi) is 4.50. The molecule has 0 bridgehead atoms. The Morgan fingerprint density at radius 3 is 2.68 bits per heavy atom. The summed E-state index contributed by atoms with van der Waals surface area (Å²) in [6.07, 6.45) is 0.328. The van der Waals surface area contributed by atoms with Gasteiger partial charge >= 0.3 is 0 Å². The molecule has 0 radical (unpaired) electrons. The van der Waals surface area contributed by atoms with Crippen LogP contribution in [0.3, 0.4) is 0 Å². The molecule has 0 unspecified atom stereocenters. The first-order valence-electron chi connectivity index (χ1n) is 5.95. The summed E-state index contributed by atoms with van der Waals surface area (Å²) in [7, 11) is 0. The Balaban J connectivity index is 1.85. The van der Waals surface area contributed by atoms with Gasteiger partial charge < -0.3 is 5.32 Å². The summed E-state index contributed by atoms with van der Waals surface area (Å²) in [6.45, 7) is 4.15. The molecule has 0 aliphatic carbocycles. The average molecular weight is 293 g/mol. The Bertz CT molecular complexity index is 598. The number of hydrogen-bond donors (Lipinski definition) is 1. The van der Waals surface area contributed by atoms with Crippen LogP contribution in [0.4, 0.5) is 0 Å². The summed E-state index contributed by atoms with van der Waals surface area (Å²) in [5, 5.41) is 4.76. The maximum absolute atomic E-state index is 11.8. The van der Waals surface area contributed by atoms with Crippen LogP contribution >= 0.6 is 22.7 Å². The first-order chi connectivity index (χ1) is 9.04. The van der Waals surface area contributed by atoms with E-state index in [1.165, 1.54) is 23.1 Å². The Morgan fingerprint density at radius 1 is 1.32 bits per heavy atom. The molecule has 0 fully saturated rings. The number of amides is 1. The molecule has 100 valence electrons. The highest BCUT2D eigenvalue weighted by molar-refractivity contribution is 7.12. The van der Waals surface area contributed by atoms with Gasteiger partial charge in [0, 0.05) is 9.75 Å². The Morgan fingerprint density at radius 2 is 2.11 bits per heavy atom. The van der Waals surface area contributed by atoms with Crippen molar-refractivity contribution >= 4 is 34.4 Å². The molecular formula is C14H15NO2S2. The maximum Gasteiger partial charge on any atom is 0.224 e. The van der Waals surface area contributed by atoms with Gasteiger partial charge in [0.15, 0.2) is 5.78 Å². The van der Waals surface area contributed by atoms with Gasteiger partial charge in [0.25, 0.3) is 0 Å². The Hall–Kier alpha value is -1.46. The van der Waals surface area contributed by atoms with Crippen LogP contribution in [0.1, 0.15) is 31.9 Å². The summed E-state index contributed by atoms with van der Waals surface area (Å²) >= 11 is 3.08. The molecule has 0 aromatic carbocycles. The summed E-state index contributed by atoms with van der Waals surface area (Å²) < 4.78 is 0. The van der Waals surface area contributed by atoms with E-state index in [0.717, 1.165) is 10.4 Å². The predicted molar refractivity (Wildman–Crippen MR) is 78.9 cm³/mol. The zero-order valence-corrected chi connectivity index (χ0v) is 12.5. The quantitative estimate of drug-likeness (QED) is 0.861. The highest BCUT2D eigenvalue weighted by Gasteiger charge is 2.08. The molecule has 5 heteroatoms. The topological polar surface area (TPSA) is 46.2 Å². The molecule has 1 N–H and O–H groups in total. The fourth-order valence-corrected chi connectivity index (χ4v) is 3.31. The summed E-state index contributed by atoms with van der Waals surface area (Å²) in [4.78, 5) is 26.1. The first-order valence-corrected chi connectivity index (χ1v) is 7.64. The molecule has 2 heterocycles. The molecule has 2 aromatic heterocycles. The van der Waals surface area contributed by atoms with Crippen molar-refractivity contribution in [2.24, 2.45) is 0 Å². The van der Waals surface area contributed by atoms with Crippen molar-refractivity contribution in [3.05, 3.63) is 43.8 Å². The highest BCUT2D eigenvalue weighted by atomic mass is 32.1. The fraction of sp³-hybridized carbons (Fsp3) is 0.286. The van der Waals surface area contributed by atoms with E-state index in [4.69, 9.17) is 0 Å². The van der Waals surface area contributed by atoms with Crippen LogP contribution < -0.4 is 5.32 Å². The van der Waals surface area contributed by atoms with Crippen molar-refractivity contribution in [2.45, 2.75) is 26.8 Å². The molecular weight excluding hydrogens is 278 g/mol. The van der Waals surface area contributed by atoms with Crippen molar-refractivity contribution in [2.75, 3.05) is 0 Å². The smallest absolute Gasteiger partial charge is 0.224 e. The molecule has 0 aliphatic rings. The SMILES string of the molecule is CC(=O)c1cc(CC(=O)NCc2ccc(C)s2)cs1. The van der Waals surface area contributed by atoms with E-state index >= 15 is 0 Å². The van der Waals surface area contributed by atoms with Gasteiger partial charge in [-0.15, -0.1) is 22.7 Å². The van der Waals surface area contributed by atoms with Gasteiger partial charge in [-0.3, -0.25) is 9.59 Å². The van der Waals surface area contributed by atoms with Crippen LogP contribution in [-0.4, -0.2) is 11.7 Å². The maximum atomic E-state index is 11.8. The monoisotopic (exact) mass is 293 g/mol. The number of carbonyl (C=O) groups excluding carboxylic acids is 2. The predicted octanol–water partition coefficient (Wildman–Crippen LogP) is 3.18. The van der Waals surface area contributed by atoms with Crippen molar-refractivity contribution in [1.29, 1.82) is 0 Å². The van der Waals surface area contributed by atoms with Crippen LogP contribution in [-0.2, 0) is 17.8 Å². The third kappa shape index (κ3) is 4.01. The number of thiophene rings is 2. The molecule has 2 aromatic rings. The molecule has 0 aliphatic heterocycles. The van der Waals surface area contributed by atoms with Gasteiger partial charge in [-0.1, -0.05) is 0 Å². The number of carbonyl (C=O) groups is 2. The van der Waals surface area contributed by atoms with Crippen molar-refractivity contribution in [3.63, 3.8) is 0 Å². The van der Waals surface area contributed by atoms with E-state index < -0.39 is 0 Å². The standard InChI is InChI=1S/C14H15NO2S2/c1-9-3-4-12(19-9)7-15-14(17)6-11-5-13(10(2)16)18-8-11/h3-5,8H,6-7H2,1-2H3,(H,15,17). The van der Waals surface area contributed by atoms with Gasteiger partial charge in [-0.05, 0) is 43.0 Å². The molecule has 0 saturated carbocycles. The molecule has 0 atom stereocenters. The lowest BCUT2D eigenvalue weighted by molar-refractivity contribution is -0.120.